The van der Waals surface area contributed by atoms with Gasteiger partial charge in [0.1, 0.15) is 5.76 Å². The summed E-state index contributed by atoms with van der Waals surface area (Å²) in [6.07, 6.45) is 1.76. The molecule has 0 amide bonds. The van der Waals surface area contributed by atoms with Crippen molar-refractivity contribution in [2.24, 2.45) is 0 Å². The third-order valence-corrected chi connectivity index (χ3v) is 2.16. The Hall–Kier alpha value is -0.830. The van der Waals surface area contributed by atoms with Gasteiger partial charge in [-0.2, -0.15) is 0 Å². The van der Waals surface area contributed by atoms with Crippen LogP contribution in [0, 0.1) is 6.92 Å². The predicted molar refractivity (Wildman–Crippen MR) is 48.0 cm³/mol. The van der Waals surface area contributed by atoms with Crippen LogP contribution in [0.3, 0.4) is 0 Å². The molecule has 12 heavy (non-hydrogen) atoms. The smallest absolute Gasteiger partial charge is 0.211 e. The number of nitrogens with zero attached hydrogens (tertiary/aromatic N) is 2. The fourth-order valence-corrected chi connectivity index (χ4v) is 1.03. The van der Waals surface area contributed by atoms with Crippen LogP contribution in [0.4, 0.5) is 0 Å². The number of aromatic nitrogens is 1. The summed E-state index contributed by atoms with van der Waals surface area (Å²) in [6.45, 7) is 7.12. The van der Waals surface area contributed by atoms with Crippen molar-refractivity contribution in [3.8, 4) is 0 Å². The first-order chi connectivity index (χ1) is 5.65. The fourth-order valence-electron chi connectivity index (χ4n) is 1.03. The molecule has 3 heteroatoms. The number of rotatable bonds is 3. The van der Waals surface area contributed by atoms with E-state index in [1.165, 1.54) is 0 Å². The van der Waals surface area contributed by atoms with E-state index >= 15 is 0 Å². The second-order valence-corrected chi connectivity index (χ2v) is 3.06. The molecule has 0 radical (unpaired) electrons. The van der Waals surface area contributed by atoms with Gasteiger partial charge >= 0.3 is 0 Å². The van der Waals surface area contributed by atoms with E-state index in [1.807, 2.05) is 6.92 Å². The molecule has 1 aromatic rings. The van der Waals surface area contributed by atoms with Crippen LogP contribution in [0.1, 0.15) is 31.5 Å². The zero-order valence-corrected chi connectivity index (χ0v) is 8.16. The summed E-state index contributed by atoms with van der Waals surface area (Å²) in [7, 11) is 2.06. The van der Waals surface area contributed by atoms with E-state index in [9.17, 15) is 0 Å². The Balaban J connectivity index is 2.70. The van der Waals surface area contributed by atoms with Crippen LogP contribution >= 0.6 is 0 Å². The van der Waals surface area contributed by atoms with Gasteiger partial charge in [0.2, 0.25) is 5.89 Å². The molecule has 0 bridgehead atoms. The summed E-state index contributed by atoms with van der Waals surface area (Å²) in [5.41, 5.74) is 0. The number of oxazole rings is 1. The van der Waals surface area contributed by atoms with Crippen LogP contribution in [0.2, 0.25) is 0 Å². The normalized spacial score (nSPS) is 13.8. The second-order valence-electron chi connectivity index (χ2n) is 3.06. The van der Waals surface area contributed by atoms with Crippen molar-refractivity contribution >= 4 is 0 Å². The van der Waals surface area contributed by atoms with Crippen molar-refractivity contribution in [1.82, 2.24) is 9.88 Å². The highest BCUT2D eigenvalue weighted by Crippen LogP contribution is 2.17. The van der Waals surface area contributed by atoms with Gasteiger partial charge in [-0.1, -0.05) is 6.92 Å². The molecule has 0 saturated heterocycles. The monoisotopic (exact) mass is 168 g/mol. The molecule has 0 aliphatic heterocycles. The molecule has 0 spiro atoms. The molecule has 68 valence electrons. The Labute approximate surface area is 73.4 Å². The minimum Gasteiger partial charge on any atom is -0.444 e. The van der Waals surface area contributed by atoms with E-state index < -0.39 is 0 Å². The molecule has 1 rings (SSSR count). The SMILES string of the molecule is CCN(C)C(C)c1ncc(C)o1. The maximum atomic E-state index is 5.42. The maximum Gasteiger partial charge on any atom is 0.211 e. The van der Waals surface area contributed by atoms with E-state index in [-0.39, 0.29) is 6.04 Å². The molecule has 1 aromatic heterocycles. The Kier molecular flexibility index (Phi) is 2.87. The standard InChI is InChI=1S/C9H16N2O/c1-5-11(4)8(3)9-10-6-7(2)12-9/h6,8H,5H2,1-4H3. The summed E-state index contributed by atoms with van der Waals surface area (Å²) < 4.78 is 5.42. The van der Waals surface area contributed by atoms with Crippen LogP contribution in [0.15, 0.2) is 10.6 Å². The number of hydrogen-bond donors (Lipinski definition) is 0. The maximum absolute atomic E-state index is 5.42. The highest BCUT2D eigenvalue weighted by molar-refractivity contribution is 4.94. The lowest BCUT2D eigenvalue weighted by Gasteiger charge is -2.19. The Bertz CT molecular complexity index is 244. The summed E-state index contributed by atoms with van der Waals surface area (Å²) in [6, 6.07) is 0.267. The van der Waals surface area contributed by atoms with Crippen molar-refractivity contribution in [3.63, 3.8) is 0 Å². The minimum absolute atomic E-state index is 0.267. The summed E-state index contributed by atoms with van der Waals surface area (Å²) in [4.78, 5) is 6.36. The molecule has 3 nitrogen and oxygen atoms in total. The lowest BCUT2D eigenvalue weighted by molar-refractivity contribution is 0.233. The van der Waals surface area contributed by atoms with E-state index in [1.54, 1.807) is 6.20 Å². The van der Waals surface area contributed by atoms with Gasteiger partial charge in [0.05, 0.1) is 12.2 Å². The van der Waals surface area contributed by atoms with Gasteiger partial charge in [-0.25, -0.2) is 4.98 Å². The van der Waals surface area contributed by atoms with Crippen molar-refractivity contribution < 1.29 is 4.42 Å². The first-order valence-electron chi connectivity index (χ1n) is 4.27. The average molecular weight is 168 g/mol. The summed E-state index contributed by atoms with van der Waals surface area (Å²) in [5.74, 6) is 1.68. The van der Waals surface area contributed by atoms with E-state index in [2.05, 4.69) is 30.8 Å². The van der Waals surface area contributed by atoms with Crippen molar-refractivity contribution in [2.75, 3.05) is 13.6 Å². The topological polar surface area (TPSA) is 29.3 Å². The Morgan fingerprint density at radius 3 is 2.75 bits per heavy atom. The molecule has 0 aliphatic carbocycles. The summed E-state index contributed by atoms with van der Waals surface area (Å²) >= 11 is 0. The minimum atomic E-state index is 0.267. The third-order valence-electron chi connectivity index (χ3n) is 2.16. The lowest BCUT2D eigenvalue weighted by Crippen LogP contribution is -2.21. The summed E-state index contributed by atoms with van der Waals surface area (Å²) in [5, 5.41) is 0. The van der Waals surface area contributed by atoms with Gasteiger partial charge in [0.25, 0.3) is 0 Å². The van der Waals surface area contributed by atoms with Crippen LogP contribution in [0.25, 0.3) is 0 Å². The number of hydrogen-bond acceptors (Lipinski definition) is 3. The molecule has 1 atom stereocenters. The molecule has 1 unspecified atom stereocenters. The second kappa shape index (κ2) is 3.72. The first-order valence-corrected chi connectivity index (χ1v) is 4.27. The highest BCUT2D eigenvalue weighted by atomic mass is 16.4. The van der Waals surface area contributed by atoms with Crippen LogP contribution in [0.5, 0.6) is 0 Å². The highest BCUT2D eigenvalue weighted by Gasteiger charge is 2.14. The van der Waals surface area contributed by atoms with E-state index in [0.29, 0.717) is 0 Å². The molecule has 0 aliphatic rings. The molecular weight excluding hydrogens is 152 g/mol. The van der Waals surface area contributed by atoms with Gasteiger partial charge in [-0.15, -0.1) is 0 Å². The molecule has 0 saturated carbocycles. The third kappa shape index (κ3) is 1.85. The van der Waals surface area contributed by atoms with E-state index in [0.717, 1.165) is 18.2 Å². The van der Waals surface area contributed by atoms with Gasteiger partial charge < -0.3 is 4.42 Å². The quantitative estimate of drug-likeness (QED) is 0.691. The lowest BCUT2D eigenvalue weighted by atomic mass is 10.3. The van der Waals surface area contributed by atoms with Crippen LogP contribution in [-0.4, -0.2) is 23.5 Å². The Morgan fingerprint density at radius 2 is 2.33 bits per heavy atom. The van der Waals surface area contributed by atoms with Crippen molar-refractivity contribution in [2.45, 2.75) is 26.8 Å². The van der Waals surface area contributed by atoms with E-state index in [4.69, 9.17) is 4.42 Å². The molecular formula is C9H16N2O. The molecule has 0 N–H and O–H groups in total. The van der Waals surface area contributed by atoms with Crippen LogP contribution in [-0.2, 0) is 0 Å². The van der Waals surface area contributed by atoms with Crippen molar-refractivity contribution in [3.05, 3.63) is 17.8 Å². The average Bonchev–Trinajstić information content (AvgIpc) is 2.49. The molecule has 0 aromatic carbocycles. The Morgan fingerprint density at radius 1 is 1.67 bits per heavy atom. The van der Waals surface area contributed by atoms with Gasteiger partial charge in [0, 0.05) is 0 Å². The largest absolute Gasteiger partial charge is 0.444 e. The zero-order valence-electron chi connectivity index (χ0n) is 8.16. The predicted octanol–water partition coefficient (Wildman–Crippen LogP) is 2.00. The molecule has 1 heterocycles. The van der Waals surface area contributed by atoms with Gasteiger partial charge in [0.15, 0.2) is 0 Å². The number of aryl methyl sites for hydroxylation is 1. The molecule has 0 fully saturated rings. The zero-order chi connectivity index (χ0) is 9.14. The van der Waals surface area contributed by atoms with Crippen molar-refractivity contribution in [1.29, 1.82) is 0 Å². The van der Waals surface area contributed by atoms with Crippen LogP contribution < -0.4 is 0 Å². The fraction of sp³-hybridized carbons (Fsp3) is 0.667. The van der Waals surface area contributed by atoms with Gasteiger partial charge in [-0.05, 0) is 27.4 Å². The van der Waals surface area contributed by atoms with Gasteiger partial charge in [-0.3, -0.25) is 4.90 Å². The first kappa shape index (κ1) is 9.26.